The number of nitrogens with zero attached hydrogens (tertiary/aromatic N) is 2. The predicted molar refractivity (Wildman–Crippen MR) is 107 cm³/mol. The molecule has 3 rings (SSSR count). The number of rotatable bonds is 6. The van der Waals surface area contributed by atoms with Gasteiger partial charge in [0.1, 0.15) is 5.69 Å². The number of amides is 1. The van der Waals surface area contributed by atoms with E-state index in [2.05, 4.69) is 5.32 Å². The number of hydrogen-bond acceptors (Lipinski definition) is 5. The van der Waals surface area contributed by atoms with Crippen molar-refractivity contribution in [3.63, 3.8) is 0 Å². The van der Waals surface area contributed by atoms with Crippen molar-refractivity contribution in [3.8, 4) is 0 Å². The highest BCUT2D eigenvalue weighted by Gasteiger charge is 2.27. The summed E-state index contributed by atoms with van der Waals surface area (Å²) in [5.41, 5.74) is 0.707. The molecule has 29 heavy (non-hydrogen) atoms. The lowest BCUT2D eigenvalue weighted by molar-refractivity contribution is -0.384. The van der Waals surface area contributed by atoms with Crippen LogP contribution >= 0.6 is 11.6 Å². The summed E-state index contributed by atoms with van der Waals surface area (Å²) < 4.78 is 7.05. The zero-order valence-electron chi connectivity index (χ0n) is 15.2. The Kier molecular flexibility index (Phi) is 5.94. The van der Waals surface area contributed by atoms with Crippen LogP contribution in [0, 0.1) is 10.1 Å². The SMILES string of the molecule is Cn1cccc1C(=O)O[C@H](C(=O)Nc1ccc([N+](=O)[O-])cc1Cl)c1ccccc1. The Balaban J connectivity index is 1.86. The maximum Gasteiger partial charge on any atom is 0.356 e. The van der Waals surface area contributed by atoms with Gasteiger partial charge in [0.15, 0.2) is 0 Å². The van der Waals surface area contributed by atoms with E-state index >= 15 is 0 Å². The van der Waals surface area contributed by atoms with E-state index in [9.17, 15) is 19.7 Å². The first-order valence-corrected chi connectivity index (χ1v) is 8.86. The summed E-state index contributed by atoms with van der Waals surface area (Å²) in [5.74, 6) is -1.31. The average molecular weight is 414 g/mol. The first-order valence-electron chi connectivity index (χ1n) is 8.49. The first kappa shape index (κ1) is 20.1. The summed E-state index contributed by atoms with van der Waals surface area (Å²) in [7, 11) is 1.69. The summed E-state index contributed by atoms with van der Waals surface area (Å²) in [6.07, 6.45) is 0.440. The molecule has 0 aliphatic carbocycles. The van der Waals surface area contributed by atoms with E-state index in [4.69, 9.17) is 16.3 Å². The fourth-order valence-electron chi connectivity index (χ4n) is 2.66. The largest absolute Gasteiger partial charge is 0.443 e. The highest BCUT2D eigenvalue weighted by Crippen LogP contribution is 2.28. The lowest BCUT2D eigenvalue weighted by Crippen LogP contribution is -2.26. The molecule has 0 aliphatic rings. The molecule has 0 fully saturated rings. The second-order valence-electron chi connectivity index (χ2n) is 6.11. The molecule has 9 heteroatoms. The molecule has 0 saturated heterocycles. The number of nitro benzene ring substituents is 1. The zero-order chi connectivity index (χ0) is 21.0. The van der Waals surface area contributed by atoms with E-state index in [0.717, 1.165) is 6.07 Å². The zero-order valence-corrected chi connectivity index (χ0v) is 16.0. The van der Waals surface area contributed by atoms with Crippen molar-refractivity contribution >= 4 is 34.9 Å². The van der Waals surface area contributed by atoms with Crippen molar-refractivity contribution < 1.29 is 19.2 Å². The molecule has 3 aromatic rings. The standard InChI is InChI=1S/C20H16ClN3O5/c1-23-11-5-8-17(23)20(26)29-18(13-6-3-2-4-7-13)19(25)22-16-10-9-14(24(27)28)12-15(16)21/h2-12,18H,1H3,(H,22,25)/t18-/m0/s1. The highest BCUT2D eigenvalue weighted by atomic mass is 35.5. The van der Waals surface area contributed by atoms with Gasteiger partial charge < -0.3 is 14.6 Å². The van der Waals surface area contributed by atoms with Gasteiger partial charge >= 0.3 is 5.97 Å². The third-order valence-electron chi connectivity index (χ3n) is 4.14. The van der Waals surface area contributed by atoms with Crippen molar-refractivity contribution in [3.05, 3.63) is 93.3 Å². The Bertz CT molecular complexity index is 1060. The minimum Gasteiger partial charge on any atom is -0.443 e. The Morgan fingerprint density at radius 1 is 1.14 bits per heavy atom. The van der Waals surface area contributed by atoms with Crippen molar-refractivity contribution in [2.24, 2.45) is 7.05 Å². The number of non-ortho nitro benzene ring substituents is 1. The number of benzene rings is 2. The molecule has 0 aliphatic heterocycles. The summed E-state index contributed by atoms with van der Waals surface area (Å²) in [6, 6.07) is 15.4. The van der Waals surface area contributed by atoms with Crippen LogP contribution in [0.4, 0.5) is 11.4 Å². The van der Waals surface area contributed by atoms with Crippen LogP contribution in [0.15, 0.2) is 66.9 Å². The summed E-state index contributed by atoms with van der Waals surface area (Å²) in [6.45, 7) is 0. The lowest BCUT2D eigenvalue weighted by atomic mass is 10.1. The average Bonchev–Trinajstić information content (AvgIpc) is 3.14. The molecule has 2 aromatic carbocycles. The number of carbonyl (C=O) groups excluding carboxylic acids is 2. The van der Waals surface area contributed by atoms with E-state index in [1.54, 1.807) is 60.3 Å². The predicted octanol–water partition coefficient (Wildman–Crippen LogP) is 4.12. The van der Waals surface area contributed by atoms with Crippen molar-refractivity contribution in [1.29, 1.82) is 0 Å². The van der Waals surface area contributed by atoms with Crippen LogP contribution in [-0.4, -0.2) is 21.4 Å². The number of halogens is 1. The molecule has 1 aromatic heterocycles. The lowest BCUT2D eigenvalue weighted by Gasteiger charge is -2.18. The number of aryl methyl sites for hydroxylation is 1. The van der Waals surface area contributed by atoms with Gasteiger partial charge in [0.2, 0.25) is 6.10 Å². The number of nitrogens with one attached hydrogen (secondary N) is 1. The van der Waals surface area contributed by atoms with Gasteiger partial charge in [-0.05, 0) is 18.2 Å². The number of anilines is 1. The van der Waals surface area contributed by atoms with E-state index in [1.165, 1.54) is 12.1 Å². The Hall–Kier alpha value is -3.65. The second-order valence-corrected chi connectivity index (χ2v) is 6.52. The molecular weight excluding hydrogens is 398 g/mol. The summed E-state index contributed by atoms with van der Waals surface area (Å²) >= 11 is 6.05. The number of ether oxygens (including phenoxy) is 1. The van der Waals surface area contributed by atoms with Gasteiger partial charge in [-0.3, -0.25) is 14.9 Å². The quantitative estimate of drug-likeness (QED) is 0.372. The Morgan fingerprint density at radius 3 is 2.45 bits per heavy atom. The van der Waals surface area contributed by atoms with Crippen LogP contribution < -0.4 is 5.32 Å². The molecule has 1 heterocycles. The monoisotopic (exact) mass is 413 g/mol. The van der Waals surface area contributed by atoms with Crippen LogP contribution in [0.25, 0.3) is 0 Å². The van der Waals surface area contributed by atoms with Crippen LogP contribution in [0.1, 0.15) is 22.2 Å². The third-order valence-corrected chi connectivity index (χ3v) is 4.45. The summed E-state index contributed by atoms with van der Waals surface area (Å²) in [4.78, 5) is 35.7. The minimum absolute atomic E-state index is 0.00637. The number of aromatic nitrogens is 1. The van der Waals surface area contributed by atoms with Gasteiger partial charge in [0, 0.05) is 30.9 Å². The molecule has 1 atom stereocenters. The maximum atomic E-state index is 12.9. The van der Waals surface area contributed by atoms with Gasteiger partial charge in [0.05, 0.1) is 15.6 Å². The Morgan fingerprint density at radius 2 is 1.86 bits per heavy atom. The first-order chi connectivity index (χ1) is 13.9. The van der Waals surface area contributed by atoms with Crippen LogP contribution in [-0.2, 0) is 16.6 Å². The van der Waals surface area contributed by atoms with Crippen molar-refractivity contribution in [1.82, 2.24) is 4.57 Å². The van der Waals surface area contributed by atoms with Crippen molar-refractivity contribution in [2.45, 2.75) is 6.10 Å². The Labute approximate surface area is 170 Å². The van der Waals surface area contributed by atoms with Crippen molar-refractivity contribution in [2.75, 3.05) is 5.32 Å². The summed E-state index contributed by atoms with van der Waals surface area (Å²) in [5, 5.41) is 13.4. The molecule has 1 N–H and O–H groups in total. The van der Waals surface area contributed by atoms with E-state index in [0.29, 0.717) is 5.56 Å². The molecule has 8 nitrogen and oxygen atoms in total. The van der Waals surface area contributed by atoms with Crippen LogP contribution in [0.5, 0.6) is 0 Å². The molecule has 0 unspecified atom stereocenters. The molecule has 0 bridgehead atoms. The molecule has 1 amide bonds. The maximum absolute atomic E-state index is 12.9. The van der Waals surface area contributed by atoms with E-state index in [1.807, 2.05) is 0 Å². The van der Waals surface area contributed by atoms with E-state index in [-0.39, 0.29) is 22.1 Å². The second kappa shape index (κ2) is 8.57. The van der Waals surface area contributed by atoms with Crippen LogP contribution in [0.3, 0.4) is 0 Å². The molecule has 0 radical (unpaired) electrons. The van der Waals surface area contributed by atoms with Gasteiger partial charge in [-0.25, -0.2) is 4.79 Å². The molecule has 0 saturated carbocycles. The van der Waals surface area contributed by atoms with E-state index < -0.39 is 22.9 Å². The van der Waals surface area contributed by atoms with Crippen LogP contribution in [0.2, 0.25) is 5.02 Å². The number of hydrogen-bond donors (Lipinski definition) is 1. The molecule has 148 valence electrons. The smallest absolute Gasteiger partial charge is 0.356 e. The molecular formula is C20H16ClN3O5. The topological polar surface area (TPSA) is 103 Å². The van der Waals surface area contributed by atoms with Gasteiger partial charge in [0.25, 0.3) is 11.6 Å². The highest BCUT2D eigenvalue weighted by molar-refractivity contribution is 6.34. The number of nitro groups is 1. The normalized spacial score (nSPS) is 11.5. The number of esters is 1. The fraction of sp³-hybridized carbons (Fsp3) is 0.100. The molecule has 0 spiro atoms. The van der Waals surface area contributed by atoms with Gasteiger partial charge in [-0.1, -0.05) is 41.9 Å². The fourth-order valence-corrected chi connectivity index (χ4v) is 2.88. The van der Waals surface area contributed by atoms with Gasteiger partial charge in [-0.15, -0.1) is 0 Å². The minimum atomic E-state index is -1.25. The van der Waals surface area contributed by atoms with Gasteiger partial charge in [-0.2, -0.15) is 0 Å². The third kappa shape index (κ3) is 4.61. The number of carbonyl (C=O) groups is 2.